The fourth-order valence-corrected chi connectivity index (χ4v) is 6.19. The maximum Gasteiger partial charge on any atom is 0.265 e. The van der Waals surface area contributed by atoms with Crippen molar-refractivity contribution in [2.75, 3.05) is 39.2 Å². The summed E-state index contributed by atoms with van der Waals surface area (Å²) in [6, 6.07) is 3.87. The van der Waals surface area contributed by atoms with E-state index in [4.69, 9.17) is 21.2 Å². The molecule has 340 valence electrons. The molecular formula is C49H85N7O4. The van der Waals surface area contributed by atoms with E-state index < -0.39 is 0 Å². The van der Waals surface area contributed by atoms with Gasteiger partial charge in [-0.25, -0.2) is 4.99 Å². The molecule has 2 amide bonds. The summed E-state index contributed by atoms with van der Waals surface area (Å²) < 4.78 is 5.56. The number of carbonyl (C=O) groups is 3. The van der Waals surface area contributed by atoms with E-state index >= 15 is 0 Å². The second-order valence-electron chi connectivity index (χ2n) is 14.5. The molecule has 1 aliphatic carbocycles. The molecule has 0 unspecified atom stereocenters. The van der Waals surface area contributed by atoms with Crippen LogP contribution in [0.25, 0.3) is 22.0 Å². The number of fused-ring (bicyclic) bond motifs is 1. The number of ketones is 1. The van der Waals surface area contributed by atoms with Crippen molar-refractivity contribution in [2.24, 2.45) is 27.4 Å². The van der Waals surface area contributed by atoms with Gasteiger partial charge in [0.15, 0.2) is 5.78 Å². The molecule has 0 radical (unpaired) electrons. The van der Waals surface area contributed by atoms with Gasteiger partial charge < -0.3 is 31.8 Å². The summed E-state index contributed by atoms with van der Waals surface area (Å²) in [4.78, 5) is 48.9. The highest BCUT2D eigenvalue weighted by Gasteiger charge is 2.25. The first-order valence-corrected chi connectivity index (χ1v) is 22.6. The third-order valence-corrected chi connectivity index (χ3v) is 8.89. The average Bonchev–Trinajstić information content (AvgIpc) is 4.00. The Hall–Kier alpha value is -4.51. The van der Waals surface area contributed by atoms with Gasteiger partial charge in [-0.2, -0.15) is 0 Å². The summed E-state index contributed by atoms with van der Waals surface area (Å²) in [5, 5.41) is 6.99. The third-order valence-electron chi connectivity index (χ3n) is 8.89. The molecule has 1 fully saturated rings. The predicted octanol–water partition coefficient (Wildman–Crippen LogP) is 11.6. The Balaban J connectivity index is 0. The van der Waals surface area contributed by atoms with Gasteiger partial charge >= 0.3 is 0 Å². The number of H-pyrrole nitrogens is 1. The Morgan fingerprint density at radius 1 is 0.900 bits per heavy atom. The number of primary amides is 1. The summed E-state index contributed by atoms with van der Waals surface area (Å²) in [6.45, 7) is 29.5. The van der Waals surface area contributed by atoms with Crippen molar-refractivity contribution < 1.29 is 19.1 Å². The van der Waals surface area contributed by atoms with Crippen molar-refractivity contribution in [1.29, 1.82) is 0 Å². The summed E-state index contributed by atoms with van der Waals surface area (Å²) in [7, 11) is 3.71. The van der Waals surface area contributed by atoms with Crippen LogP contribution in [0.5, 0.6) is 0 Å². The molecule has 11 heteroatoms. The third kappa shape index (κ3) is 21.7. The van der Waals surface area contributed by atoms with Gasteiger partial charge in [0.25, 0.3) is 5.91 Å². The molecule has 0 aliphatic heterocycles. The standard InChI is InChI=1S/C31H46N6O4.C11H19N.C3H8.2C2H6/c1-7-11-19(3)28-23-17-25(34-6)22(29(20(4)32)21(5)38)18-26(23)37-30(28)36-24(12-8-2)31(40)35-14-16-41-15-10-9-13-27(33)39;1-4-5-9(2)8-11(12-3)10-6-7-10;1-3-2;2*1-2/h17-18,34,37H,3,7-16,32H2,1-2,4-6H3,(H2,33,39)(H,35,40);8,10H,4-7H2,1-3H3;3H2,1-2H3;2*1-2H3/b29-20+,36-24+;9-8-,12-11?;;;. The Morgan fingerprint density at radius 2 is 1.50 bits per heavy atom. The Bertz CT molecular complexity index is 1710. The zero-order valence-electron chi connectivity index (χ0n) is 40.3. The van der Waals surface area contributed by atoms with Crippen molar-refractivity contribution >= 4 is 62.6 Å². The average molecular weight is 836 g/mol. The topological polar surface area (TPSA) is 177 Å². The Morgan fingerprint density at radius 3 is 1.98 bits per heavy atom. The van der Waals surface area contributed by atoms with Crippen molar-refractivity contribution in [3.05, 3.63) is 47.2 Å². The second kappa shape index (κ2) is 34.2. The lowest BCUT2D eigenvalue weighted by Crippen LogP contribution is -2.33. The molecule has 1 saturated carbocycles. The van der Waals surface area contributed by atoms with Gasteiger partial charge in [-0.1, -0.05) is 100 Å². The number of nitrogens with one attached hydrogen (secondary N) is 3. The fourth-order valence-electron chi connectivity index (χ4n) is 6.19. The van der Waals surface area contributed by atoms with E-state index in [1.807, 2.05) is 53.8 Å². The molecule has 60 heavy (non-hydrogen) atoms. The van der Waals surface area contributed by atoms with E-state index in [9.17, 15) is 14.4 Å². The number of aromatic nitrogens is 1. The highest BCUT2D eigenvalue weighted by atomic mass is 16.5. The van der Waals surface area contributed by atoms with Gasteiger partial charge in [-0.15, -0.1) is 0 Å². The van der Waals surface area contributed by atoms with E-state index in [1.54, 1.807) is 14.0 Å². The summed E-state index contributed by atoms with van der Waals surface area (Å²) in [5.74, 6) is 0.647. The quantitative estimate of drug-likeness (QED) is 0.0448. The van der Waals surface area contributed by atoms with E-state index in [0.717, 1.165) is 59.3 Å². The van der Waals surface area contributed by atoms with Crippen LogP contribution in [0.15, 0.2) is 46.0 Å². The molecule has 0 bridgehead atoms. The van der Waals surface area contributed by atoms with Gasteiger partial charge in [0.1, 0.15) is 11.5 Å². The van der Waals surface area contributed by atoms with Crippen LogP contribution in [0.2, 0.25) is 0 Å². The lowest BCUT2D eigenvalue weighted by Gasteiger charge is -2.14. The molecule has 0 spiro atoms. The van der Waals surface area contributed by atoms with Crippen LogP contribution in [0.1, 0.15) is 171 Å². The highest BCUT2D eigenvalue weighted by Crippen LogP contribution is 2.40. The summed E-state index contributed by atoms with van der Waals surface area (Å²) in [6.07, 6.45) is 13.3. The first-order chi connectivity index (χ1) is 28.7. The largest absolute Gasteiger partial charge is 0.402 e. The van der Waals surface area contributed by atoms with E-state index in [-0.39, 0.29) is 17.6 Å². The lowest BCUT2D eigenvalue weighted by atomic mass is 9.95. The number of rotatable bonds is 22. The molecule has 0 atom stereocenters. The number of benzene rings is 1. The molecular weight excluding hydrogens is 751 g/mol. The minimum Gasteiger partial charge on any atom is -0.402 e. The van der Waals surface area contributed by atoms with Crippen LogP contribution in [0.3, 0.4) is 0 Å². The monoisotopic (exact) mass is 836 g/mol. The molecule has 0 saturated heterocycles. The zero-order chi connectivity index (χ0) is 46.2. The van der Waals surface area contributed by atoms with Crippen LogP contribution in [0.4, 0.5) is 11.5 Å². The molecule has 2 aromatic rings. The molecule has 1 aromatic carbocycles. The number of hydrogen-bond acceptors (Lipinski definition) is 8. The van der Waals surface area contributed by atoms with Crippen LogP contribution < -0.4 is 22.1 Å². The number of aromatic amines is 1. The first kappa shape index (κ1) is 57.6. The highest BCUT2D eigenvalue weighted by molar-refractivity contribution is 6.39. The number of unbranched alkanes of at least 4 members (excludes halogenated alkanes) is 1. The number of ether oxygens (including phenoxy) is 1. The zero-order valence-corrected chi connectivity index (χ0v) is 40.3. The number of allylic oxidation sites excluding steroid dienone is 5. The van der Waals surface area contributed by atoms with Crippen LogP contribution in [-0.4, -0.2) is 67.9 Å². The Labute approximate surface area is 364 Å². The lowest BCUT2D eigenvalue weighted by molar-refractivity contribution is -0.118. The molecule has 11 nitrogen and oxygen atoms in total. The second-order valence-corrected chi connectivity index (χ2v) is 14.5. The maximum atomic E-state index is 13.1. The number of Topliss-reactive ketones (excluding diaryl/α,β-unsaturated/α-hetero) is 1. The van der Waals surface area contributed by atoms with Crippen LogP contribution in [0, 0.1) is 5.92 Å². The van der Waals surface area contributed by atoms with Gasteiger partial charge in [0, 0.05) is 84.3 Å². The number of carbonyl (C=O) groups excluding carboxylic acids is 3. The number of anilines is 1. The minimum absolute atomic E-state index is 0.127. The SMILES string of the molecule is C=C(CCC)c1c(/N=C(\CCC)C(=O)NCCOCCCCC(N)=O)[nH]c2cc(/C(C(C)=O)=C(\C)N)c(NC)cc12.CC.CC.CCC.CCC/C(C)=C\C(=NC)C1CC1. The van der Waals surface area contributed by atoms with E-state index in [1.165, 1.54) is 50.3 Å². The number of nitrogens with zero attached hydrogens (tertiary/aromatic N) is 2. The molecule has 1 heterocycles. The number of hydrogen-bond donors (Lipinski definition) is 5. The fraction of sp³-hybridized carbons (Fsp3) is 0.612. The number of nitrogens with two attached hydrogens (primary N) is 2. The molecule has 1 aromatic heterocycles. The Kier molecular flexibility index (Phi) is 32.8. The summed E-state index contributed by atoms with van der Waals surface area (Å²) >= 11 is 0. The molecule has 7 N–H and O–H groups in total. The van der Waals surface area contributed by atoms with Gasteiger partial charge in [0.05, 0.1) is 6.61 Å². The van der Waals surface area contributed by atoms with Gasteiger partial charge in [0.2, 0.25) is 5.91 Å². The van der Waals surface area contributed by atoms with Crippen LogP contribution in [-0.2, 0) is 19.1 Å². The smallest absolute Gasteiger partial charge is 0.265 e. The van der Waals surface area contributed by atoms with Gasteiger partial charge in [-0.05, 0) is 89.5 Å². The van der Waals surface area contributed by atoms with Crippen molar-refractivity contribution in [1.82, 2.24) is 10.3 Å². The molecule has 1 aliphatic rings. The normalized spacial score (nSPS) is 12.9. The number of aliphatic imine (C=N–C) groups is 2. The number of amides is 2. The molecule has 3 rings (SSSR count). The van der Waals surface area contributed by atoms with E-state index in [2.05, 4.69) is 67.9 Å². The van der Waals surface area contributed by atoms with Crippen LogP contribution >= 0.6 is 0 Å². The predicted molar refractivity (Wildman–Crippen MR) is 262 cm³/mol. The minimum atomic E-state index is -0.317. The maximum absolute atomic E-state index is 13.1. The van der Waals surface area contributed by atoms with Crippen molar-refractivity contribution in [2.45, 2.75) is 160 Å². The first-order valence-electron chi connectivity index (χ1n) is 22.6. The van der Waals surface area contributed by atoms with Crippen molar-refractivity contribution in [3.63, 3.8) is 0 Å². The van der Waals surface area contributed by atoms with E-state index in [0.29, 0.717) is 67.4 Å². The summed E-state index contributed by atoms with van der Waals surface area (Å²) in [5.41, 5.74) is 19.3. The van der Waals surface area contributed by atoms with Crippen molar-refractivity contribution in [3.8, 4) is 0 Å². The van der Waals surface area contributed by atoms with Gasteiger partial charge in [-0.3, -0.25) is 19.4 Å².